The van der Waals surface area contributed by atoms with Crippen LogP contribution >= 0.6 is 0 Å². The molecule has 130 valence electrons. The van der Waals surface area contributed by atoms with Gasteiger partial charge in [0.15, 0.2) is 0 Å². The number of hydrogen-bond acceptors (Lipinski definition) is 2. The van der Waals surface area contributed by atoms with Gasteiger partial charge in [-0.2, -0.15) is 0 Å². The lowest BCUT2D eigenvalue weighted by atomic mass is 9.88. The second-order valence-electron chi connectivity index (χ2n) is 6.71. The third-order valence-electron chi connectivity index (χ3n) is 4.89. The second kappa shape index (κ2) is 7.64. The molecule has 1 heterocycles. The summed E-state index contributed by atoms with van der Waals surface area (Å²) in [6.45, 7) is 1.28. The van der Waals surface area contributed by atoms with Crippen LogP contribution < -0.4 is 10.6 Å². The summed E-state index contributed by atoms with van der Waals surface area (Å²) in [7, 11) is 0. The van der Waals surface area contributed by atoms with Gasteiger partial charge in [-0.3, -0.25) is 4.79 Å². The summed E-state index contributed by atoms with van der Waals surface area (Å²) in [5, 5.41) is 5.58. The number of rotatable bonds is 3. The Morgan fingerprint density at radius 3 is 2.46 bits per heavy atom. The van der Waals surface area contributed by atoms with Gasteiger partial charge in [0, 0.05) is 30.7 Å². The number of nitrogens with zero attached hydrogens (tertiary/aromatic N) is 1. The first-order chi connectivity index (χ1) is 11.6. The predicted octanol–water partition coefficient (Wildman–Crippen LogP) is 3.13. The smallest absolute Gasteiger partial charge is 0.319 e. The molecule has 1 saturated heterocycles. The third-order valence-corrected chi connectivity index (χ3v) is 4.89. The van der Waals surface area contributed by atoms with E-state index in [-0.39, 0.29) is 29.7 Å². The Labute approximate surface area is 141 Å². The van der Waals surface area contributed by atoms with Gasteiger partial charge in [-0.1, -0.05) is 19.3 Å². The molecule has 2 aliphatic rings. The van der Waals surface area contributed by atoms with Gasteiger partial charge in [-0.05, 0) is 43.5 Å². The van der Waals surface area contributed by atoms with Gasteiger partial charge >= 0.3 is 6.03 Å². The SMILES string of the molecule is O=C(Nc1ccc(F)cc1)NC1CCN(C(=O)C2CCCCC2)C1. The summed E-state index contributed by atoms with van der Waals surface area (Å²) in [6, 6.07) is 5.28. The van der Waals surface area contributed by atoms with Gasteiger partial charge < -0.3 is 15.5 Å². The number of urea groups is 1. The van der Waals surface area contributed by atoms with Gasteiger partial charge in [-0.25, -0.2) is 9.18 Å². The Kier molecular flexibility index (Phi) is 5.33. The van der Waals surface area contributed by atoms with E-state index in [0.717, 1.165) is 32.1 Å². The zero-order valence-corrected chi connectivity index (χ0v) is 13.8. The highest BCUT2D eigenvalue weighted by atomic mass is 19.1. The molecule has 0 bridgehead atoms. The molecule has 3 rings (SSSR count). The summed E-state index contributed by atoms with van der Waals surface area (Å²) in [6.07, 6.45) is 6.29. The van der Waals surface area contributed by atoms with Crippen molar-refractivity contribution in [1.82, 2.24) is 10.2 Å². The minimum atomic E-state index is -0.339. The molecule has 0 aromatic heterocycles. The quantitative estimate of drug-likeness (QED) is 0.893. The molecule has 24 heavy (non-hydrogen) atoms. The standard InChI is InChI=1S/C18H24FN3O2/c19-14-6-8-15(9-7-14)20-18(24)21-16-10-11-22(12-16)17(23)13-4-2-1-3-5-13/h6-9,13,16H,1-5,10-12H2,(H2,20,21,24). The summed E-state index contributed by atoms with van der Waals surface area (Å²) >= 11 is 0. The number of likely N-dealkylation sites (tertiary alicyclic amines) is 1. The van der Waals surface area contributed by atoms with Crippen LogP contribution in [0.2, 0.25) is 0 Å². The first kappa shape index (κ1) is 16.7. The number of carbonyl (C=O) groups is 2. The summed E-state index contributed by atoms with van der Waals surface area (Å²) in [4.78, 5) is 26.4. The summed E-state index contributed by atoms with van der Waals surface area (Å²) in [5.41, 5.74) is 0.544. The van der Waals surface area contributed by atoms with Crippen LogP contribution in [0.15, 0.2) is 24.3 Å². The maximum absolute atomic E-state index is 12.9. The van der Waals surface area contributed by atoms with E-state index in [1.807, 2.05) is 4.90 Å². The Morgan fingerprint density at radius 1 is 1.04 bits per heavy atom. The van der Waals surface area contributed by atoms with E-state index in [1.54, 1.807) is 0 Å². The Bertz CT molecular complexity index is 584. The Morgan fingerprint density at radius 2 is 1.75 bits per heavy atom. The van der Waals surface area contributed by atoms with Crippen LogP contribution in [0.25, 0.3) is 0 Å². The number of benzene rings is 1. The van der Waals surface area contributed by atoms with Gasteiger partial charge in [0.1, 0.15) is 5.82 Å². The summed E-state index contributed by atoms with van der Waals surface area (Å²) < 4.78 is 12.9. The van der Waals surface area contributed by atoms with E-state index in [9.17, 15) is 14.0 Å². The van der Waals surface area contributed by atoms with E-state index in [2.05, 4.69) is 10.6 Å². The molecule has 1 saturated carbocycles. The second-order valence-corrected chi connectivity index (χ2v) is 6.71. The van der Waals surface area contributed by atoms with Crippen molar-refractivity contribution in [1.29, 1.82) is 0 Å². The van der Waals surface area contributed by atoms with Crippen LogP contribution in [0.4, 0.5) is 14.9 Å². The van der Waals surface area contributed by atoms with E-state index in [0.29, 0.717) is 18.8 Å². The molecule has 2 fully saturated rings. The fourth-order valence-electron chi connectivity index (χ4n) is 3.57. The maximum Gasteiger partial charge on any atom is 0.319 e. The van der Waals surface area contributed by atoms with Gasteiger partial charge in [-0.15, -0.1) is 0 Å². The van der Waals surface area contributed by atoms with Crippen molar-refractivity contribution in [3.63, 3.8) is 0 Å². The minimum absolute atomic E-state index is 0.0296. The molecule has 1 unspecified atom stereocenters. The van der Waals surface area contributed by atoms with Gasteiger partial charge in [0.25, 0.3) is 0 Å². The molecule has 1 atom stereocenters. The molecular weight excluding hydrogens is 309 g/mol. The molecule has 1 aromatic rings. The lowest BCUT2D eigenvalue weighted by Crippen LogP contribution is -2.42. The molecule has 1 aliphatic heterocycles. The van der Waals surface area contributed by atoms with Crippen LogP contribution in [0, 0.1) is 11.7 Å². The van der Waals surface area contributed by atoms with Crippen LogP contribution in [-0.4, -0.2) is 36.0 Å². The molecule has 3 amide bonds. The van der Waals surface area contributed by atoms with Gasteiger partial charge in [0.2, 0.25) is 5.91 Å². The van der Waals surface area contributed by atoms with E-state index >= 15 is 0 Å². The lowest BCUT2D eigenvalue weighted by Gasteiger charge is -2.26. The van der Waals surface area contributed by atoms with Crippen molar-refractivity contribution in [2.24, 2.45) is 5.92 Å². The molecule has 0 radical (unpaired) electrons. The highest BCUT2D eigenvalue weighted by molar-refractivity contribution is 5.89. The van der Waals surface area contributed by atoms with Gasteiger partial charge in [0.05, 0.1) is 0 Å². The van der Waals surface area contributed by atoms with Crippen molar-refractivity contribution in [3.05, 3.63) is 30.1 Å². The highest BCUT2D eigenvalue weighted by Gasteiger charge is 2.32. The zero-order valence-electron chi connectivity index (χ0n) is 13.8. The number of anilines is 1. The monoisotopic (exact) mass is 333 g/mol. The molecular formula is C18H24FN3O2. The van der Waals surface area contributed by atoms with Crippen LogP contribution in [0.1, 0.15) is 38.5 Å². The molecule has 1 aromatic carbocycles. The average molecular weight is 333 g/mol. The number of nitrogens with one attached hydrogen (secondary N) is 2. The van der Waals surface area contributed by atoms with Crippen molar-refractivity contribution >= 4 is 17.6 Å². The van der Waals surface area contributed by atoms with E-state index in [1.165, 1.54) is 30.7 Å². The number of carbonyl (C=O) groups excluding carboxylic acids is 2. The largest absolute Gasteiger partial charge is 0.340 e. The lowest BCUT2D eigenvalue weighted by molar-refractivity contribution is -0.135. The molecule has 1 aliphatic carbocycles. The van der Waals surface area contributed by atoms with Crippen LogP contribution in [0.3, 0.4) is 0 Å². The number of amides is 3. The fourth-order valence-corrected chi connectivity index (χ4v) is 3.57. The minimum Gasteiger partial charge on any atom is -0.340 e. The maximum atomic E-state index is 12.9. The molecule has 0 spiro atoms. The first-order valence-electron chi connectivity index (χ1n) is 8.74. The molecule has 6 heteroatoms. The Hall–Kier alpha value is -2.11. The van der Waals surface area contributed by atoms with Crippen molar-refractivity contribution in [3.8, 4) is 0 Å². The van der Waals surface area contributed by atoms with Crippen LogP contribution in [0.5, 0.6) is 0 Å². The van der Waals surface area contributed by atoms with Crippen LogP contribution in [-0.2, 0) is 4.79 Å². The Balaban J connectivity index is 1.46. The number of halogens is 1. The third kappa shape index (κ3) is 4.24. The van der Waals surface area contributed by atoms with Crippen molar-refractivity contribution in [2.45, 2.75) is 44.6 Å². The van der Waals surface area contributed by atoms with E-state index < -0.39 is 0 Å². The molecule has 2 N–H and O–H groups in total. The molecule has 5 nitrogen and oxygen atoms in total. The highest BCUT2D eigenvalue weighted by Crippen LogP contribution is 2.26. The predicted molar refractivity (Wildman–Crippen MR) is 90.1 cm³/mol. The fraction of sp³-hybridized carbons (Fsp3) is 0.556. The first-order valence-corrected chi connectivity index (χ1v) is 8.74. The zero-order chi connectivity index (χ0) is 16.9. The normalized spacial score (nSPS) is 21.5. The summed E-state index contributed by atoms with van der Waals surface area (Å²) in [5.74, 6) is 0.0807. The topological polar surface area (TPSA) is 61.4 Å². The van der Waals surface area contributed by atoms with Crippen molar-refractivity contribution < 1.29 is 14.0 Å². The number of hydrogen-bond donors (Lipinski definition) is 2. The average Bonchev–Trinajstić information content (AvgIpc) is 3.05. The van der Waals surface area contributed by atoms with E-state index in [4.69, 9.17) is 0 Å². The van der Waals surface area contributed by atoms with Crippen molar-refractivity contribution in [2.75, 3.05) is 18.4 Å².